The maximum atomic E-state index is 12.5. The smallest absolute Gasteiger partial charge is 0.408 e. The summed E-state index contributed by atoms with van der Waals surface area (Å²) in [5.74, 6) is -0.284. The lowest BCUT2D eigenvalue weighted by Crippen LogP contribution is -2.47. The van der Waals surface area contributed by atoms with Crippen LogP contribution in [0.1, 0.15) is 64.4 Å². The predicted molar refractivity (Wildman–Crippen MR) is 118 cm³/mol. The average Bonchev–Trinajstić information content (AvgIpc) is 3.13. The molecule has 174 valence electrons. The lowest BCUT2D eigenvalue weighted by Gasteiger charge is -2.24. The molecule has 32 heavy (non-hydrogen) atoms. The summed E-state index contributed by atoms with van der Waals surface area (Å²) in [6, 6.07) is 3.06. The average molecular weight is 445 g/mol. The van der Waals surface area contributed by atoms with E-state index in [4.69, 9.17) is 9.47 Å². The molecule has 1 unspecified atom stereocenters. The summed E-state index contributed by atoms with van der Waals surface area (Å²) < 4.78 is 10.6. The number of aryl methyl sites for hydroxylation is 3. The van der Waals surface area contributed by atoms with Crippen molar-refractivity contribution in [2.24, 2.45) is 5.92 Å². The molecule has 1 N–H and O–H groups in total. The van der Waals surface area contributed by atoms with Gasteiger partial charge in [0.15, 0.2) is 5.82 Å². The first-order chi connectivity index (χ1) is 15.0. The topological polar surface area (TPSA) is 117 Å². The monoisotopic (exact) mass is 444 g/mol. The first kappa shape index (κ1) is 23.7. The zero-order chi connectivity index (χ0) is 23.5. The Morgan fingerprint density at radius 3 is 2.56 bits per heavy atom. The van der Waals surface area contributed by atoms with Gasteiger partial charge in [-0.05, 0) is 74.4 Å². The molecule has 1 aliphatic rings. The highest BCUT2D eigenvalue weighted by molar-refractivity contribution is 5.81. The van der Waals surface area contributed by atoms with Crippen LogP contribution in [0.15, 0.2) is 12.1 Å². The van der Waals surface area contributed by atoms with E-state index in [9.17, 15) is 14.8 Å². The highest BCUT2D eigenvalue weighted by atomic mass is 16.6. The summed E-state index contributed by atoms with van der Waals surface area (Å²) in [5, 5.41) is 18.9. The molecule has 1 aromatic carbocycles. The summed E-state index contributed by atoms with van der Waals surface area (Å²) in [5.41, 5.74) is 2.91. The number of aromatic nitrogens is 3. The number of hydrogen-bond donors (Lipinski definition) is 1. The minimum atomic E-state index is -0.812. The van der Waals surface area contributed by atoms with E-state index < -0.39 is 23.7 Å². The number of carbonyl (C=O) groups excluding carboxylic acids is 2. The fraction of sp³-hybridized carbons (Fsp3) is 0.609. The first-order valence-electron chi connectivity index (χ1n) is 11.1. The van der Waals surface area contributed by atoms with Gasteiger partial charge < -0.3 is 20.0 Å². The number of rotatable bonds is 7. The van der Waals surface area contributed by atoms with E-state index in [1.807, 2.05) is 26.0 Å². The van der Waals surface area contributed by atoms with E-state index in [2.05, 4.69) is 15.4 Å². The van der Waals surface area contributed by atoms with Gasteiger partial charge in [-0.2, -0.15) is 0 Å². The summed E-state index contributed by atoms with van der Waals surface area (Å²) >= 11 is 0. The Morgan fingerprint density at radius 1 is 1.22 bits per heavy atom. The fourth-order valence-electron chi connectivity index (χ4n) is 3.69. The predicted octanol–water partition coefficient (Wildman–Crippen LogP) is 2.78. The van der Waals surface area contributed by atoms with Crippen LogP contribution in [0.4, 0.5) is 4.79 Å². The number of benzene rings is 1. The molecular formula is C23H32N4O5. The number of fused-ring (bicyclic) bond motifs is 2. The number of carbonyl (C=O) groups is 2. The normalized spacial score (nSPS) is 14.3. The number of hydrogen-bond acceptors (Lipinski definition) is 7. The van der Waals surface area contributed by atoms with Crippen LogP contribution in [0.3, 0.4) is 0 Å². The van der Waals surface area contributed by atoms with Gasteiger partial charge in [-0.25, -0.2) is 14.6 Å². The molecule has 0 saturated heterocycles. The molecule has 1 heterocycles. The second-order valence-corrected chi connectivity index (χ2v) is 9.50. The van der Waals surface area contributed by atoms with Crippen LogP contribution in [0.5, 0.6) is 0 Å². The van der Waals surface area contributed by atoms with Crippen molar-refractivity contribution in [1.29, 1.82) is 0 Å². The summed E-state index contributed by atoms with van der Waals surface area (Å²) in [7, 11) is 0. The Labute approximate surface area is 188 Å². The van der Waals surface area contributed by atoms with Crippen molar-refractivity contribution in [3.8, 4) is 0 Å². The Balaban J connectivity index is 1.54. The van der Waals surface area contributed by atoms with Gasteiger partial charge in [0, 0.05) is 17.6 Å². The molecule has 1 aromatic heterocycles. The van der Waals surface area contributed by atoms with Crippen molar-refractivity contribution in [2.45, 2.75) is 78.4 Å². The molecule has 0 fully saturated rings. The van der Waals surface area contributed by atoms with Crippen LogP contribution in [-0.2, 0) is 33.5 Å². The van der Waals surface area contributed by atoms with E-state index in [0.717, 1.165) is 19.3 Å². The van der Waals surface area contributed by atoms with E-state index in [0.29, 0.717) is 34.5 Å². The Hall–Kier alpha value is -2.97. The molecule has 3 rings (SSSR count). The summed E-state index contributed by atoms with van der Waals surface area (Å²) in [6.07, 6.45) is 3.28. The SMILES string of the molecule is CC(C)C(NC(=O)OC(C)(C)C)C(=O)OCCCc1nc2cc3c(cc2[n+]([O-])n1)CCC3. The van der Waals surface area contributed by atoms with Crippen molar-refractivity contribution in [1.82, 2.24) is 15.4 Å². The summed E-state index contributed by atoms with van der Waals surface area (Å²) in [4.78, 5) is 29.6. The third kappa shape index (κ3) is 6.05. The molecule has 0 aliphatic heterocycles. The van der Waals surface area contributed by atoms with Gasteiger partial charge in [0.2, 0.25) is 0 Å². The molecule has 2 aromatic rings. The molecule has 0 radical (unpaired) electrons. The number of nitrogens with one attached hydrogen (secondary N) is 1. The van der Waals surface area contributed by atoms with Crippen molar-refractivity contribution < 1.29 is 23.9 Å². The number of amides is 1. The molecule has 0 bridgehead atoms. The lowest BCUT2D eigenvalue weighted by atomic mass is 10.1. The van der Waals surface area contributed by atoms with Crippen LogP contribution in [-0.4, -0.2) is 40.4 Å². The molecule has 0 spiro atoms. The zero-order valence-electron chi connectivity index (χ0n) is 19.4. The van der Waals surface area contributed by atoms with Crippen molar-refractivity contribution in [2.75, 3.05) is 6.61 Å². The van der Waals surface area contributed by atoms with Crippen molar-refractivity contribution >= 4 is 23.1 Å². The van der Waals surface area contributed by atoms with E-state index in [-0.39, 0.29) is 12.5 Å². The van der Waals surface area contributed by atoms with Crippen molar-refractivity contribution in [3.05, 3.63) is 34.3 Å². The fourth-order valence-corrected chi connectivity index (χ4v) is 3.69. The maximum Gasteiger partial charge on any atom is 0.408 e. The second-order valence-electron chi connectivity index (χ2n) is 9.50. The second kappa shape index (κ2) is 9.67. The van der Waals surface area contributed by atoms with Crippen LogP contribution in [0.2, 0.25) is 0 Å². The van der Waals surface area contributed by atoms with Gasteiger partial charge in [-0.1, -0.05) is 13.8 Å². The van der Waals surface area contributed by atoms with Gasteiger partial charge in [-0.3, -0.25) is 0 Å². The van der Waals surface area contributed by atoms with Gasteiger partial charge in [0.1, 0.15) is 17.2 Å². The van der Waals surface area contributed by atoms with E-state index >= 15 is 0 Å². The van der Waals surface area contributed by atoms with Crippen LogP contribution >= 0.6 is 0 Å². The number of nitrogens with zero attached hydrogens (tertiary/aromatic N) is 3. The Kier molecular flexibility index (Phi) is 7.16. The largest absolute Gasteiger partial charge is 0.594 e. The molecular weight excluding hydrogens is 412 g/mol. The number of esters is 1. The Morgan fingerprint density at radius 2 is 1.91 bits per heavy atom. The molecule has 0 saturated carbocycles. The standard InChI is InChI=1S/C23H32N4O5/c1-14(2)20(25-22(29)32-23(3,4)5)21(28)31-11-7-10-19-24-17-12-15-8-6-9-16(15)13-18(17)27(30)26-19/h12-14,20H,6-11H2,1-5H3,(H,25,29). The zero-order valence-corrected chi connectivity index (χ0v) is 19.4. The highest BCUT2D eigenvalue weighted by Gasteiger charge is 2.28. The quantitative estimate of drug-likeness (QED) is 0.302. The van der Waals surface area contributed by atoms with Gasteiger partial charge in [0.25, 0.3) is 5.52 Å². The van der Waals surface area contributed by atoms with E-state index in [1.54, 1.807) is 20.8 Å². The van der Waals surface area contributed by atoms with Crippen LogP contribution < -0.4 is 10.2 Å². The maximum absolute atomic E-state index is 12.5. The first-order valence-corrected chi connectivity index (χ1v) is 11.1. The molecule has 1 aliphatic carbocycles. The molecule has 1 atom stereocenters. The highest BCUT2D eigenvalue weighted by Crippen LogP contribution is 2.25. The number of ether oxygens (including phenoxy) is 2. The molecule has 9 nitrogen and oxygen atoms in total. The molecule has 9 heteroatoms. The van der Waals surface area contributed by atoms with Crippen molar-refractivity contribution in [3.63, 3.8) is 0 Å². The third-order valence-electron chi connectivity index (χ3n) is 5.23. The van der Waals surface area contributed by atoms with Crippen LogP contribution in [0, 0.1) is 11.1 Å². The number of alkyl carbamates (subject to hydrolysis) is 1. The van der Waals surface area contributed by atoms with Gasteiger partial charge in [0.05, 0.1) is 6.61 Å². The summed E-state index contributed by atoms with van der Waals surface area (Å²) in [6.45, 7) is 9.02. The minimum absolute atomic E-state index is 0.127. The minimum Gasteiger partial charge on any atom is -0.594 e. The van der Waals surface area contributed by atoms with Crippen LogP contribution in [0.25, 0.3) is 11.0 Å². The van der Waals surface area contributed by atoms with Gasteiger partial charge in [-0.15, -0.1) is 0 Å². The Bertz CT molecular complexity index is 1000. The molecule has 1 amide bonds. The lowest BCUT2D eigenvalue weighted by molar-refractivity contribution is -0.644. The van der Waals surface area contributed by atoms with E-state index in [1.165, 1.54) is 11.1 Å². The van der Waals surface area contributed by atoms with Gasteiger partial charge >= 0.3 is 12.1 Å². The third-order valence-corrected chi connectivity index (χ3v) is 5.23.